The van der Waals surface area contributed by atoms with Gasteiger partial charge in [-0.25, -0.2) is 4.98 Å². The van der Waals surface area contributed by atoms with Gasteiger partial charge in [-0.1, -0.05) is 0 Å². The number of aliphatic hydroxyl groups excluding tert-OH is 1. The van der Waals surface area contributed by atoms with Gasteiger partial charge in [0.25, 0.3) is 5.91 Å². The van der Waals surface area contributed by atoms with Gasteiger partial charge in [0.05, 0.1) is 34.9 Å². The van der Waals surface area contributed by atoms with Crippen LogP contribution >= 0.6 is 11.3 Å². The van der Waals surface area contributed by atoms with Gasteiger partial charge in [0, 0.05) is 29.1 Å². The van der Waals surface area contributed by atoms with Crippen molar-refractivity contribution in [1.29, 1.82) is 0 Å². The summed E-state index contributed by atoms with van der Waals surface area (Å²) in [7, 11) is 1.64. The van der Waals surface area contributed by atoms with Crippen molar-refractivity contribution in [1.82, 2.24) is 29.9 Å². The minimum Gasteiger partial charge on any atom is -0.394 e. The second-order valence-electron chi connectivity index (χ2n) is 7.60. The van der Waals surface area contributed by atoms with Crippen LogP contribution in [-0.2, 0) is 13.2 Å². The largest absolute Gasteiger partial charge is 0.416 e. The number of carbonyl (C=O) groups excluding carboxylic acids is 1. The van der Waals surface area contributed by atoms with Crippen molar-refractivity contribution in [2.45, 2.75) is 12.2 Å². The molecule has 1 atom stereocenters. The Morgan fingerprint density at radius 2 is 1.94 bits per heavy atom. The number of alkyl halides is 3. The average molecular weight is 486 g/mol. The standard InChI is InChI=1S/C22H17F3N6O2S/c1-30-28-19-15-8-12(21(33)27-16(9-32)17-10-34-11-26-17)2-7-18(15)31(20(19)29-30)14-5-3-13(4-6-14)22(23,24)25/h2-8,10-11,16,32H,9H2,1H3,(H,27,33). The zero-order chi connectivity index (χ0) is 24.0. The van der Waals surface area contributed by atoms with Gasteiger partial charge in [-0.05, 0) is 42.5 Å². The molecule has 12 heteroatoms. The number of nitrogens with one attached hydrogen (secondary N) is 1. The molecule has 0 aliphatic carbocycles. The quantitative estimate of drug-likeness (QED) is 0.393. The third-order valence-electron chi connectivity index (χ3n) is 5.41. The molecule has 0 radical (unpaired) electrons. The molecule has 0 bridgehead atoms. The predicted octanol–water partition coefficient (Wildman–Crippen LogP) is 3.85. The molecule has 0 spiro atoms. The molecule has 0 saturated heterocycles. The van der Waals surface area contributed by atoms with Gasteiger partial charge in [0.15, 0.2) is 5.65 Å². The molecule has 0 aliphatic rings. The van der Waals surface area contributed by atoms with Crippen LogP contribution in [0.5, 0.6) is 0 Å². The summed E-state index contributed by atoms with van der Waals surface area (Å²) >= 11 is 1.36. The molecule has 174 valence electrons. The molecular formula is C22H17F3N6O2S. The number of halogens is 3. The van der Waals surface area contributed by atoms with Crippen LogP contribution < -0.4 is 5.32 Å². The first kappa shape index (κ1) is 22.0. The highest BCUT2D eigenvalue weighted by atomic mass is 32.1. The number of carbonyl (C=O) groups is 1. The number of aromatic nitrogens is 5. The predicted molar refractivity (Wildman–Crippen MR) is 120 cm³/mol. The summed E-state index contributed by atoms with van der Waals surface area (Å²) in [6.07, 6.45) is -4.44. The summed E-state index contributed by atoms with van der Waals surface area (Å²) in [6, 6.07) is 9.07. The Labute approximate surface area is 194 Å². The maximum Gasteiger partial charge on any atom is 0.416 e. The normalized spacial score (nSPS) is 13.0. The Morgan fingerprint density at radius 1 is 1.18 bits per heavy atom. The van der Waals surface area contributed by atoms with Gasteiger partial charge in [-0.2, -0.15) is 23.1 Å². The van der Waals surface area contributed by atoms with E-state index in [0.29, 0.717) is 39.0 Å². The molecule has 34 heavy (non-hydrogen) atoms. The molecule has 1 amide bonds. The lowest BCUT2D eigenvalue weighted by Gasteiger charge is -2.14. The van der Waals surface area contributed by atoms with E-state index in [1.807, 2.05) is 0 Å². The number of aryl methyl sites for hydroxylation is 1. The van der Waals surface area contributed by atoms with E-state index in [4.69, 9.17) is 0 Å². The molecule has 8 nitrogen and oxygen atoms in total. The molecule has 3 heterocycles. The average Bonchev–Trinajstić information content (AvgIpc) is 3.53. The molecule has 0 aliphatic heterocycles. The van der Waals surface area contributed by atoms with E-state index in [-0.39, 0.29) is 6.61 Å². The van der Waals surface area contributed by atoms with Crippen LogP contribution in [0.3, 0.4) is 0 Å². The van der Waals surface area contributed by atoms with Crippen LogP contribution in [0.2, 0.25) is 0 Å². The Hall–Kier alpha value is -3.77. The first-order valence-electron chi connectivity index (χ1n) is 10.1. The summed E-state index contributed by atoms with van der Waals surface area (Å²) in [5.41, 5.74) is 3.83. The lowest BCUT2D eigenvalue weighted by Crippen LogP contribution is -2.31. The molecule has 5 rings (SSSR count). The number of hydrogen-bond acceptors (Lipinski definition) is 6. The van der Waals surface area contributed by atoms with E-state index in [9.17, 15) is 23.1 Å². The van der Waals surface area contributed by atoms with Crippen LogP contribution in [0, 0.1) is 0 Å². The number of aliphatic hydroxyl groups is 1. The van der Waals surface area contributed by atoms with Crippen LogP contribution in [0.4, 0.5) is 13.2 Å². The molecule has 0 fully saturated rings. The van der Waals surface area contributed by atoms with E-state index in [0.717, 1.165) is 12.1 Å². The SMILES string of the molecule is Cn1nc2c3cc(C(=O)NC(CO)c4cscn4)ccc3n(-c3ccc(C(F)(F)F)cc3)c2n1. The monoisotopic (exact) mass is 486 g/mol. The fraction of sp³-hybridized carbons (Fsp3) is 0.182. The maximum atomic E-state index is 13.0. The maximum absolute atomic E-state index is 13.0. The van der Waals surface area contributed by atoms with Crippen molar-refractivity contribution in [2.75, 3.05) is 6.61 Å². The highest BCUT2D eigenvalue weighted by Crippen LogP contribution is 2.33. The van der Waals surface area contributed by atoms with E-state index in [2.05, 4.69) is 20.5 Å². The lowest BCUT2D eigenvalue weighted by molar-refractivity contribution is -0.137. The Balaban J connectivity index is 1.57. The summed E-state index contributed by atoms with van der Waals surface area (Å²) < 4.78 is 40.7. The van der Waals surface area contributed by atoms with Crippen molar-refractivity contribution in [3.8, 4) is 5.69 Å². The number of hydrogen-bond donors (Lipinski definition) is 2. The van der Waals surface area contributed by atoms with Crippen LogP contribution in [0.1, 0.15) is 27.7 Å². The Bertz CT molecular complexity index is 1490. The molecular weight excluding hydrogens is 469 g/mol. The van der Waals surface area contributed by atoms with Crippen molar-refractivity contribution in [3.63, 3.8) is 0 Å². The third kappa shape index (κ3) is 3.80. The fourth-order valence-corrected chi connectivity index (χ4v) is 4.41. The minimum absolute atomic E-state index is 0.309. The molecule has 2 N–H and O–H groups in total. The van der Waals surface area contributed by atoms with Crippen molar-refractivity contribution in [3.05, 3.63) is 70.2 Å². The number of fused-ring (bicyclic) bond motifs is 3. The van der Waals surface area contributed by atoms with E-state index in [1.165, 1.54) is 28.3 Å². The van der Waals surface area contributed by atoms with Gasteiger partial charge in [0.2, 0.25) is 0 Å². The topological polar surface area (TPSA) is 97.9 Å². The van der Waals surface area contributed by atoms with Gasteiger partial charge in [0.1, 0.15) is 5.52 Å². The van der Waals surface area contributed by atoms with Gasteiger partial charge in [-0.3, -0.25) is 9.36 Å². The summed E-state index contributed by atoms with van der Waals surface area (Å²) in [5.74, 6) is -0.409. The van der Waals surface area contributed by atoms with Crippen LogP contribution in [0.15, 0.2) is 53.4 Å². The fourth-order valence-electron chi connectivity index (χ4n) is 3.81. The smallest absolute Gasteiger partial charge is 0.394 e. The second-order valence-corrected chi connectivity index (χ2v) is 8.31. The van der Waals surface area contributed by atoms with E-state index >= 15 is 0 Å². The highest BCUT2D eigenvalue weighted by molar-refractivity contribution is 7.07. The molecule has 5 aromatic rings. The third-order valence-corrected chi connectivity index (χ3v) is 6.02. The molecule has 2 aromatic carbocycles. The molecule has 0 saturated carbocycles. The van der Waals surface area contributed by atoms with Gasteiger partial charge < -0.3 is 10.4 Å². The summed E-state index contributed by atoms with van der Waals surface area (Å²) in [5, 5.41) is 23.6. The first-order valence-corrected chi connectivity index (χ1v) is 11.0. The van der Waals surface area contributed by atoms with Crippen LogP contribution in [-0.4, -0.2) is 42.2 Å². The second kappa shape index (κ2) is 8.22. The highest BCUT2D eigenvalue weighted by Gasteiger charge is 2.30. The lowest BCUT2D eigenvalue weighted by atomic mass is 10.1. The van der Waals surface area contributed by atoms with Crippen molar-refractivity contribution < 1.29 is 23.1 Å². The van der Waals surface area contributed by atoms with Gasteiger partial charge >= 0.3 is 6.18 Å². The number of amides is 1. The molecule has 1 unspecified atom stereocenters. The number of benzene rings is 2. The Kier molecular flexibility index (Phi) is 5.33. The van der Waals surface area contributed by atoms with E-state index < -0.39 is 23.7 Å². The summed E-state index contributed by atoms with van der Waals surface area (Å²) in [6.45, 7) is -0.309. The van der Waals surface area contributed by atoms with Crippen molar-refractivity contribution >= 4 is 39.3 Å². The molecule has 3 aromatic heterocycles. The van der Waals surface area contributed by atoms with Gasteiger partial charge in [-0.15, -0.1) is 16.4 Å². The van der Waals surface area contributed by atoms with Crippen LogP contribution in [0.25, 0.3) is 27.8 Å². The minimum atomic E-state index is -4.44. The van der Waals surface area contributed by atoms with E-state index in [1.54, 1.807) is 40.7 Å². The summed E-state index contributed by atoms with van der Waals surface area (Å²) in [4.78, 5) is 18.4. The number of nitrogens with zero attached hydrogens (tertiary/aromatic N) is 5. The van der Waals surface area contributed by atoms with Crippen molar-refractivity contribution in [2.24, 2.45) is 7.05 Å². The number of rotatable bonds is 5. The first-order chi connectivity index (χ1) is 16.3. The number of thiazole rings is 1. The zero-order valence-corrected chi connectivity index (χ0v) is 18.4. The zero-order valence-electron chi connectivity index (χ0n) is 17.6. The Morgan fingerprint density at radius 3 is 2.59 bits per heavy atom.